The van der Waals surface area contributed by atoms with E-state index in [2.05, 4.69) is 225 Å². The van der Waals surface area contributed by atoms with Crippen molar-refractivity contribution in [3.8, 4) is 55.6 Å². The molecule has 1 fully saturated rings. The Kier molecular flexibility index (Phi) is 9.69. The maximum absolute atomic E-state index is 2.53. The van der Waals surface area contributed by atoms with Gasteiger partial charge in [-0.25, -0.2) is 0 Å². The molecule has 0 aromatic heterocycles. The molecule has 0 N–H and O–H groups in total. The third-order valence-corrected chi connectivity index (χ3v) is 13.9. The van der Waals surface area contributed by atoms with Crippen LogP contribution in [0.25, 0.3) is 66.4 Å². The summed E-state index contributed by atoms with van der Waals surface area (Å²) >= 11 is 0. The molecule has 0 aliphatic heterocycles. The fraction of sp³-hybridized carbons (Fsp3) is 0.148. The molecule has 0 amide bonds. The van der Waals surface area contributed by atoms with Crippen molar-refractivity contribution in [2.45, 2.75) is 57.3 Å². The van der Waals surface area contributed by atoms with Gasteiger partial charge in [0.05, 0.1) is 11.4 Å². The highest BCUT2D eigenvalue weighted by atomic mass is 15.1. The molecule has 2 aliphatic rings. The van der Waals surface area contributed by atoms with Crippen LogP contribution >= 0.6 is 0 Å². The van der Waals surface area contributed by atoms with Gasteiger partial charge in [-0.05, 0) is 115 Å². The quantitative estimate of drug-likeness (QED) is 0.148. The van der Waals surface area contributed by atoms with Gasteiger partial charge >= 0.3 is 0 Å². The van der Waals surface area contributed by atoms with E-state index in [-0.39, 0.29) is 5.41 Å². The van der Waals surface area contributed by atoms with Crippen molar-refractivity contribution in [2.24, 2.45) is 0 Å². The first-order chi connectivity index (χ1) is 30.5. The second-order valence-electron chi connectivity index (χ2n) is 17.8. The molecule has 2 aliphatic carbocycles. The van der Waals surface area contributed by atoms with E-state index in [1.165, 1.54) is 121 Å². The van der Waals surface area contributed by atoms with Gasteiger partial charge in [-0.2, -0.15) is 0 Å². The minimum Gasteiger partial charge on any atom is -0.309 e. The lowest BCUT2D eigenvalue weighted by molar-refractivity contribution is 0.445. The maximum atomic E-state index is 2.53. The lowest BCUT2D eigenvalue weighted by Crippen LogP contribution is -2.15. The Hall–Kier alpha value is -6.96. The molecule has 0 saturated heterocycles. The molecule has 1 nitrogen and oxygen atoms in total. The summed E-state index contributed by atoms with van der Waals surface area (Å²) in [6, 6.07) is 76.9. The smallest absolute Gasteiger partial charge is 0.0540 e. The molecule has 11 rings (SSSR count). The van der Waals surface area contributed by atoms with E-state index in [1.54, 1.807) is 0 Å². The predicted molar refractivity (Wildman–Crippen MR) is 264 cm³/mol. The van der Waals surface area contributed by atoms with Gasteiger partial charge in [0.1, 0.15) is 0 Å². The van der Waals surface area contributed by atoms with Crippen molar-refractivity contribution in [2.75, 3.05) is 4.90 Å². The van der Waals surface area contributed by atoms with Gasteiger partial charge in [-0.3, -0.25) is 0 Å². The summed E-state index contributed by atoms with van der Waals surface area (Å²) in [6.07, 6.45) is 6.48. The van der Waals surface area contributed by atoms with Gasteiger partial charge in [0, 0.05) is 22.2 Å². The van der Waals surface area contributed by atoms with E-state index in [9.17, 15) is 0 Å². The Balaban J connectivity index is 1.11. The standard InChI is InChI=1S/C61H51N/c1-61(2)55-30-12-9-26-54(55)60-53(29-17-31-56(60)61)51-25-11-14-33-58(51)62(48-40-38-45(39-41-48)44-36-34-43(35-37-44)42-18-5-3-6-19-42)57-32-13-10-24-50(57)52-28-16-23-47-22-15-27-49(59(47)52)46-20-7-4-8-21-46/h3,5-6,9-19,22-41,46H,4,7-8,20-21H2,1-2H3. The van der Waals surface area contributed by atoms with E-state index in [1.807, 2.05) is 0 Å². The fourth-order valence-corrected chi connectivity index (χ4v) is 10.8. The maximum Gasteiger partial charge on any atom is 0.0540 e. The van der Waals surface area contributed by atoms with E-state index in [0.29, 0.717) is 5.92 Å². The van der Waals surface area contributed by atoms with Gasteiger partial charge < -0.3 is 4.90 Å². The third-order valence-electron chi connectivity index (χ3n) is 13.9. The molecule has 0 radical (unpaired) electrons. The van der Waals surface area contributed by atoms with Crippen LogP contribution in [0.15, 0.2) is 206 Å². The number of nitrogens with zero attached hydrogens (tertiary/aromatic N) is 1. The van der Waals surface area contributed by atoms with Gasteiger partial charge in [0.15, 0.2) is 0 Å². The van der Waals surface area contributed by atoms with E-state index >= 15 is 0 Å². The fourth-order valence-electron chi connectivity index (χ4n) is 10.8. The van der Waals surface area contributed by atoms with Crippen molar-refractivity contribution in [1.29, 1.82) is 0 Å². The molecule has 1 saturated carbocycles. The highest BCUT2D eigenvalue weighted by Crippen LogP contribution is 2.54. The SMILES string of the molecule is CC1(C)c2ccccc2-c2c(-c3ccccc3N(c3ccc(-c4ccc(-c5ccccc5)cc4)cc3)c3ccccc3-c3cccc4cccc(C5CCCCC5)c34)cccc21. The largest absolute Gasteiger partial charge is 0.309 e. The third kappa shape index (κ3) is 6.55. The molecule has 0 bridgehead atoms. The zero-order valence-electron chi connectivity index (χ0n) is 35.7. The molecular weight excluding hydrogens is 747 g/mol. The summed E-state index contributed by atoms with van der Waals surface area (Å²) in [4.78, 5) is 2.53. The second kappa shape index (κ2) is 15.8. The molecule has 0 heterocycles. The van der Waals surface area contributed by atoms with E-state index in [0.717, 1.165) is 11.4 Å². The molecule has 9 aromatic rings. The molecule has 0 unspecified atom stereocenters. The summed E-state index contributed by atoms with van der Waals surface area (Å²) < 4.78 is 0. The van der Waals surface area contributed by atoms with Crippen molar-refractivity contribution >= 4 is 27.8 Å². The van der Waals surface area contributed by atoms with E-state index < -0.39 is 0 Å². The number of anilines is 3. The summed E-state index contributed by atoms with van der Waals surface area (Å²) in [6.45, 7) is 4.75. The summed E-state index contributed by atoms with van der Waals surface area (Å²) in [7, 11) is 0. The molecule has 0 spiro atoms. The van der Waals surface area contributed by atoms with Crippen molar-refractivity contribution in [3.63, 3.8) is 0 Å². The first kappa shape index (κ1) is 38.0. The van der Waals surface area contributed by atoms with Gasteiger partial charge in [-0.1, -0.05) is 215 Å². The molecular formula is C61H51N. The average Bonchev–Trinajstić information content (AvgIpc) is 3.58. The van der Waals surface area contributed by atoms with Crippen LogP contribution in [0.3, 0.4) is 0 Å². The molecule has 1 heteroatoms. The first-order valence-corrected chi connectivity index (χ1v) is 22.5. The van der Waals surface area contributed by atoms with Gasteiger partial charge in [0.25, 0.3) is 0 Å². The first-order valence-electron chi connectivity index (χ1n) is 22.5. The van der Waals surface area contributed by atoms with Crippen LogP contribution in [-0.2, 0) is 5.41 Å². The second-order valence-corrected chi connectivity index (χ2v) is 17.8. The van der Waals surface area contributed by atoms with Crippen LogP contribution in [0.2, 0.25) is 0 Å². The molecule has 0 atom stereocenters. The minimum absolute atomic E-state index is 0.0945. The predicted octanol–water partition coefficient (Wildman–Crippen LogP) is 17.3. The lowest BCUT2D eigenvalue weighted by atomic mass is 9.80. The number of hydrogen-bond donors (Lipinski definition) is 0. The van der Waals surface area contributed by atoms with Crippen LogP contribution in [-0.4, -0.2) is 0 Å². The highest BCUT2D eigenvalue weighted by Gasteiger charge is 2.37. The van der Waals surface area contributed by atoms with Gasteiger partial charge in [0.2, 0.25) is 0 Å². The van der Waals surface area contributed by atoms with Crippen molar-refractivity contribution in [1.82, 2.24) is 0 Å². The van der Waals surface area contributed by atoms with Crippen LogP contribution in [0.1, 0.15) is 68.6 Å². The van der Waals surface area contributed by atoms with Crippen LogP contribution in [0, 0.1) is 0 Å². The van der Waals surface area contributed by atoms with Crippen LogP contribution < -0.4 is 4.90 Å². The Morgan fingerprint density at radius 3 is 1.55 bits per heavy atom. The monoisotopic (exact) mass is 797 g/mol. The Morgan fingerprint density at radius 2 is 0.871 bits per heavy atom. The number of para-hydroxylation sites is 2. The number of fused-ring (bicyclic) bond motifs is 4. The van der Waals surface area contributed by atoms with Crippen LogP contribution in [0.4, 0.5) is 17.1 Å². The molecule has 9 aromatic carbocycles. The van der Waals surface area contributed by atoms with Crippen molar-refractivity contribution < 1.29 is 0 Å². The van der Waals surface area contributed by atoms with Crippen molar-refractivity contribution in [3.05, 3.63) is 223 Å². The summed E-state index contributed by atoms with van der Waals surface area (Å²) in [5.74, 6) is 0.583. The van der Waals surface area contributed by atoms with Gasteiger partial charge in [-0.15, -0.1) is 0 Å². The highest BCUT2D eigenvalue weighted by molar-refractivity contribution is 6.05. The molecule has 62 heavy (non-hydrogen) atoms. The Bertz CT molecular complexity index is 3050. The van der Waals surface area contributed by atoms with E-state index in [4.69, 9.17) is 0 Å². The number of rotatable bonds is 8. The normalized spacial score (nSPS) is 14.4. The van der Waals surface area contributed by atoms with Crippen LogP contribution in [0.5, 0.6) is 0 Å². The molecule has 300 valence electrons. The zero-order chi connectivity index (χ0) is 41.6. The minimum atomic E-state index is -0.0945. The number of hydrogen-bond acceptors (Lipinski definition) is 1. The number of benzene rings is 9. The summed E-state index contributed by atoms with van der Waals surface area (Å²) in [5.41, 5.74) is 20.2. The zero-order valence-corrected chi connectivity index (χ0v) is 35.7. The average molecular weight is 798 g/mol. The summed E-state index contributed by atoms with van der Waals surface area (Å²) in [5, 5.41) is 2.72. The topological polar surface area (TPSA) is 3.24 Å². The lowest BCUT2D eigenvalue weighted by Gasteiger charge is -2.31. The Labute approximate surface area is 367 Å². The Morgan fingerprint density at radius 1 is 0.387 bits per heavy atom.